The molecule has 0 radical (unpaired) electrons. The van der Waals surface area contributed by atoms with E-state index < -0.39 is 0 Å². The van der Waals surface area contributed by atoms with E-state index in [4.69, 9.17) is 4.74 Å². The second-order valence-corrected chi connectivity index (χ2v) is 5.57. The molecule has 1 aliphatic carbocycles. The van der Waals surface area contributed by atoms with Gasteiger partial charge in [-0.15, -0.1) is 0 Å². The third-order valence-electron chi connectivity index (χ3n) is 3.64. The van der Waals surface area contributed by atoms with Crippen LogP contribution >= 0.6 is 0 Å². The summed E-state index contributed by atoms with van der Waals surface area (Å²) in [4.78, 5) is 22.8. The van der Waals surface area contributed by atoms with Crippen LogP contribution in [0.3, 0.4) is 0 Å². The molecule has 0 aromatic heterocycles. The highest BCUT2D eigenvalue weighted by Crippen LogP contribution is 2.39. The van der Waals surface area contributed by atoms with E-state index in [2.05, 4.69) is 0 Å². The van der Waals surface area contributed by atoms with Crippen molar-refractivity contribution in [1.29, 1.82) is 0 Å². The minimum atomic E-state index is -0.297. The number of carbonyl (C=O) groups excluding carboxylic acids is 2. The molecule has 1 aliphatic rings. The molecule has 3 nitrogen and oxygen atoms in total. The number of ketones is 1. The molecule has 18 heavy (non-hydrogen) atoms. The lowest BCUT2D eigenvalue weighted by molar-refractivity contribution is -0.131. The van der Waals surface area contributed by atoms with Crippen LogP contribution in [-0.2, 0) is 9.53 Å². The highest BCUT2D eigenvalue weighted by molar-refractivity contribution is 5.89. The molecule has 0 N–H and O–H groups in total. The molecule has 1 fully saturated rings. The standard InChI is InChI=1S/C15H18O3/c1-15(2,12-8-13(16)9-12)10-18-14(17)11-6-4-3-5-7-11/h3-7,12H,8-10H2,1-2H3. The van der Waals surface area contributed by atoms with Crippen molar-refractivity contribution in [2.75, 3.05) is 6.61 Å². The first kappa shape index (κ1) is 12.8. The summed E-state index contributed by atoms with van der Waals surface area (Å²) in [6.45, 7) is 4.45. The zero-order valence-electron chi connectivity index (χ0n) is 10.8. The van der Waals surface area contributed by atoms with Crippen LogP contribution in [-0.4, -0.2) is 18.4 Å². The second kappa shape index (κ2) is 4.92. The lowest BCUT2D eigenvalue weighted by atomic mass is 9.67. The first-order valence-electron chi connectivity index (χ1n) is 6.23. The molecule has 1 saturated carbocycles. The second-order valence-electron chi connectivity index (χ2n) is 5.57. The van der Waals surface area contributed by atoms with Crippen LogP contribution in [0.2, 0.25) is 0 Å². The lowest BCUT2D eigenvalue weighted by Crippen LogP contribution is -2.39. The Morgan fingerprint density at radius 2 is 1.89 bits per heavy atom. The van der Waals surface area contributed by atoms with E-state index in [9.17, 15) is 9.59 Å². The Labute approximate surface area is 107 Å². The Balaban J connectivity index is 1.88. The molecule has 0 saturated heterocycles. The maximum atomic E-state index is 11.8. The number of esters is 1. The predicted molar refractivity (Wildman–Crippen MR) is 68.2 cm³/mol. The van der Waals surface area contributed by atoms with Crippen molar-refractivity contribution in [2.24, 2.45) is 11.3 Å². The fourth-order valence-electron chi connectivity index (χ4n) is 2.07. The van der Waals surface area contributed by atoms with Gasteiger partial charge in [-0.2, -0.15) is 0 Å². The van der Waals surface area contributed by atoms with Gasteiger partial charge in [-0.05, 0) is 18.1 Å². The first-order valence-corrected chi connectivity index (χ1v) is 6.23. The average molecular weight is 246 g/mol. The number of hydrogen-bond donors (Lipinski definition) is 0. The highest BCUT2D eigenvalue weighted by atomic mass is 16.5. The smallest absolute Gasteiger partial charge is 0.338 e. The van der Waals surface area contributed by atoms with Crippen LogP contribution < -0.4 is 0 Å². The number of benzene rings is 1. The van der Waals surface area contributed by atoms with Gasteiger partial charge in [0, 0.05) is 18.3 Å². The van der Waals surface area contributed by atoms with Crippen LogP contribution in [0.1, 0.15) is 37.0 Å². The van der Waals surface area contributed by atoms with Crippen LogP contribution in [0, 0.1) is 11.3 Å². The Hall–Kier alpha value is -1.64. The summed E-state index contributed by atoms with van der Waals surface area (Å²) in [5, 5.41) is 0. The Kier molecular flexibility index (Phi) is 3.50. The van der Waals surface area contributed by atoms with Gasteiger partial charge < -0.3 is 4.74 Å². The van der Waals surface area contributed by atoms with Gasteiger partial charge in [0.1, 0.15) is 5.78 Å². The third-order valence-corrected chi connectivity index (χ3v) is 3.64. The van der Waals surface area contributed by atoms with E-state index in [1.54, 1.807) is 12.1 Å². The Morgan fingerprint density at radius 1 is 1.28 bits per heavy atom. The van der Waals surface area contributed by atoms with Crippen molar-refractivity contribution < 1.29 is 14.3 Å². The van der Waals surface area contributed by atoms with Crippen molar-refractivity contribution in [3.8, 4) is 0 Å². The largest absolute Gasteiger partial charge is 0.462 e. The summed E-state index contributed by atoms with van der Waals surface area (Å²) in [5.74, 6) is 0.352. The van der Waals surface area contributed by atoms with Crippen LogP contribution in [0.25, 0.3) is 0 Å². The van der Waals surface area contributed by atoms with Crippen LogP contribution in [0.5, 0.6) is 0 Å². The molecule has 1 aromatic rings. The molecule has 1 aromatic carbocycles. The fraction of sp³-hybridized carbons (Fsp3) is 0.467. The minimum Gasteiger partial charge on any atom is -0.462 e. The fourth-order valence-corrected chi connectivity index (χ4v) is 2.07. The van der Waals surface area contributed by atoms with Gasteiger partial charge in [-0.3, -0.25) is 4.79 Å². The molecule has 3 heteroatoms. The van der Waals surface area contributed by atoms with E-state index in [-0.39, 0.29) is 11.4 Å². The molecular weight excluding hydrogens is 228 g/mol. The van der Waals surface area contributed by atoms with Gasteiger partial charge in [0.05, 0.1) is 12.2 Å². The minimum absolute atomic E-state index is 0.127. The monoisotopic (exact) mass is 246 g/mol. The molecule has 0 bridgehead atoms. The molecule has 0 spiro atoms. The number of carbonyl (C=O) groups is 2. The summed E-state index contributed by atoms with van der Waals surface area (Å²) in [6, 6.07) is 8.96. The van der Waals surface area contributed by atoms with Gasteiger partial charge in [-0.1, -0.05) is 32.0 Å². The first-order chi connectivity index (χ1) is 8.49. The summed E-state index contributed by atoms with van der Waals surface area (Å²) >= 11 is 0. The lowest BCUT2D eigenvalue weighted by Gasteiger charge is -2.38. The maximum Gasteiger partial charge on any atom is 0.338 e. The maximum absolute atomic E-state index is 11.8. The van der Waals surface area contributed by atoms with Gasteiger partial charge in [-0.25, -0.2) is 4.79 Å². The van der Waals surface area contributed by atoms with Crippen molar-refractivity contribution >= 4 is 11.8 Å². The van der Waals surface area contributed by atoms with Gasteiger partial charge in [0.25, 0.3) is 0 Å². The highest BCUT2D eigenvalue weighted by Gasteiger charge is 2.39. The normalized spacial score (nSPS) is 16.2. The quantitative estimate of drug-likeness (QED) is 0.767. The SMILES string of the molecule is CC(C)(COC(=O)c1ccccc1)C1CC(=O)C1. The van der Waals surface area contributed by atoms with Crippen LogP contribution in [0.15, 0.2) is 30.3 Å². The van der Waals surface area contributed by atoms with Crippen molar-refractivity contribution in [2.45, 2.75) is 26.7 Å². The molecule has 96 valence electrons. The van der Waals surface area contributed by atoms with E-state index >= 15 is 0 Å². The van der Waals surface area contributed by atoms with Crippen molar-refractivity contribution in [1.82, 2.24) is 0 Å². The molecule has 0 aliphatic heterocycles. The number of rotatable bonds is 4. The summed E-state index contributed by atoms with van der Waals surface area (Å²) in [6.07, 6.45) is 1.24. The average Bonchev–Trinajstić information content (AvgIpc) is 2.33. The van der Waals surface area contributed by atoms with Crippen molar-refractivity contribution in [3.63, 3.8) is 0 Å². The van der Waals surface area contributed by atoms with Gasteiger partial charge >= 0.3 is 5.97 Å². The molecule has 0 heterocycles. The van der Waals surface area contributed by atoms with E-state index in [1.165, 1.54) is 0 Å². The summed E-state index contributed by atoms with van der Waals surface area (Å²) < 4.78 is 5.33. The Bertz CT molecular complexity index is 440. The van der Waals surface area contributed by atoms with Gasteiger partial charge in [0.2, 0.25) is 0 Å². The molecule has 0 atom stereocenters. The van der Waals surface area contributed by atoms with E-state index in [0.29, 0.717) is 36.7 Å². The van der Waals surface area contributed by atoms with E-state index in [0.717, 1.165) is 0 Å². The molecule has 0 amide bonds. The topological polar surface area (TPSA) is 43.4 Å². The molecule has 2 rings (SSSR count). The predicted octanol–water partition coefficient (Wildman–Crippen LogP) is 2.85. The van der Waals surface area contributed by atoms with Crippen molar-refractivity contribution in [3.05, 3.63) is 35.9 Å². The Morgan fingerprint density at radius 3 is 2.44 bits per heavy atom. The zero-order valence-corrected chi connectivity index (χ0v) is 10.8. The van der Waals surface area contributed by atoms with Crippen LogP contribution in [0.4, 0.5) is 0 Å². The van der Waals surface area contributed by atoms with Gasteiger partial charge in [0.15, 0.2) is 0 Å². The molecular formula is C15H18O3. The number of Topliss-reactive ketones (excluding diaryl/α,β-unsaturated/α-hetero) is 1. The third kappa shape index (κ3) is 2.78. The molecule has 0 unspecified atom stereocenters. The number of ether oxygens (including phenoxy) is 1. The summed E-state index contributed by atoms with van der Waals surface area (Å²) in [5.41, 5.74) is 0.441. The van der Waals surface area contributed by atoms with E-state index in [1.807, 2.05) is 32.0 Å². The number of hydrogen-bond acceptors (Lipinski definition) is 3. The summed E-state index contributed by atoms with van der Waals surface area (Å²) in [7, 11) is 0. The zero-order chi connectivity index (χ0) is 13.2.